The minimum atomic E-state index is -0.183. The van der Waals surface area contributed by atoms with Crippen molar-refractivity contribution in [2.75, 3.05) is 50.7 Å². The van der Waals surface area contributed by atoms with Gasteiger partial charge in [-0.1, -0.05) is 0 Å². The molecule has 0 saturated carbocycles. The molecule has 124 valence electrons. The fourth-order valence-corrected chi connectivity index (χ4v) is 3.90. The molecule has 3 saturated heterocycles. The summed E-state index contributed by atoms with van der Waals surface area (Å²) in [6.45, 7) is 6.86. The number of carbonyl (C=O) groups is 1. The molecule has 3 aliphatic heterocycles. The van der Waals surface area contributed by atoms with Crippen LogP contribution in [0.1, 0.15) is 6.42 Å². The van der Waals surface area contributed by atoms with E-state index in [1.807, 2.05) is 12.1 Å². The lowest BCUT2D eigenvalue weighted by atomic mass is 10.0. The summed E-state index contributed by atoms with van der Waals surface area (Å²) in [4.78, 5) is 18.9. The van der Waals surface area contributed by atoms with Crippen LogP contribution in [0, 0.1) is 5.82 Å². The fraction of sp³-hybridized carbons (Fsp3) is 0.588. The Balaban J connectivity index is 1.26. The Hall–Kier alpha value is -1.66. The van der Waals surface area contributed by atoms with Gasteiger partial charge in [-0.2, -0.15) is 0 Å². The van der Waals surface area contributed by atoms with Gasteiger partial charge in [0.05, 0.1) is 6.04 Å². The first-order valence-electron chi connectivity index (χ1n) is 8.47. The Bertz CT molecular complexity index is 564. The number of hydrogen-bond acceptors (Lipinski definition) is 4. The highest BCUT2D eigenvalue weighted by Crippen LogP contribution is 2.24. The largest absolute Gasteiger partial charge is 0.369 e. The average Bonchev–Trinajstić information content (AvgIpc) is 2.94. The summed E-state index contributed by atoms with van der Waals surface area (Å²) in [5.74, 6) is 0.0162. The monoisotopic (exact) mass is 318 g/mol. The second-order valence-electron chi connectivity index (χ2n) is 6.70. The van der Waals surface area contributed by atoms with Gasteiger partial charge in [-0.3, -0.25) is 14.6 Å². The lowest BCUT2D eigenvalue weighted by molar-refractivity contribution is -0.126. The number of nitrogens with one attached hydrogen (secondary N) is 1. The highest BCUT2D eigenvalue weighted by atomic mass is 19.1. The zero-order chi connectivity index (χ0) is 15.8. The van der Waals surface area contributed by atoms with Crippen LogP contribution in [0.5, 0.6) is 0 Å². The summed E-state index contributed by atoms with van der Waals surface area (Å²) in [6.07, 6.45) is 0.948. The van der Waals surface area contributed by atoms with E-state index < -0.39 is 0 Å². The van der Waals surface area contributed by atoms with Crippen LogP contribution < -0.4 is 10.2 Å². The van der Waals surface area contributed by atoms with Gasteiger partial charge in [0.15, 0.2) is 0 Å². The smallest absolute Gasteiger partial charge is 0.237 e. The second-order valence-corrected chi connectivity index (χ2v) is 6.70. The molecule has 23 heavy (non-hydrogen) atoms. The third-order valence-electron chi connectivity index (χ3n) is 5.37. The van der Waals surface area contributed by atoms with E-state index in [0.717, 1.165) is 57.9 Å². The third-order valence-corrected chi connectivity index (χ3v) is 5.37. The van der Waals surface area contributed by atoms with Crippen LogP contribution >= 0.6 is 0 Å². The van der Waals surface area contributed by atoms with Gasteiger partial charge >= 0.3 is 0 Å². The van der Waals surface area contributed by atoms with Gasteiger partial charge in [0, 0.05) is 57.5 Å². The number of nitrogens with zero attached hydrogens (tertiary/aromatic N) is 3. The number of anilines is 1. The Kier molecular flexibility index (Phi) is 3.95. The molecule has 1 N–H and O–H groups in total. The number of benzene rings is 1. The first kappa shape index (κ1) is 14.9. The number of rotatable bonds is 3. The molecule has 1 atom stereocenters. The molecule has 1 aromatic rings. The first-order chi connectivity index (χ1) is 11.2. The zero-order valence-corrected chi connectivity index (χ0v) is 13.2. The van der Waals surface area contributed by atoms with Crippen molar-refractivity contribution >= 4 is 11.6 Å². The maximum absolute atomic E-state index is 13.0. The predicted molar refractivity (Wildman–Crippen MR) is 87.0 cm³/mol. The maximum atomic E-state index is 13.0. The molecule has 3 heterocycles. The van der Waals surface area contributed by atoms with Crippen molar-refractivity contribution in [3.05, 3.63) is 30.1 Å². The molecule has 5 nitrogen and oxygen atoms in total. The van der Waals surface area contributed by atoms with Crippen molar-refractivity contribution < 1.29 is 9.18 Å². The average molecular weight is 318 g/mol. The summed E-state index contributed by atoms with van der Waals surface area (Å²) in [7, 11) is 0. The van der Waals surface area contributed by atoms with Crippen molar-refractivity contribution in [3.63, 3.8) is 0 Å². The maximum Gasteiger partial charge on any atom is 0.237 e. The van der Waals surface area contributed by atoms with Crippen LogP contribution in [-0.2, 0) is 4.79 Å². The number of hydrogen-bond donors (Lipinski definition) is 1. The molecule has 0 aliphatic carbocycles. The van der Waals surface area contributed by atoms with Crippen molar-refractivity contribution in [2.24, 2.45) is 0 Å². The van der Waals surface area contributed by atoms with Crippen LogP contribution in [0.15, 0.2) is 24.3 Å². The molecular weight excluding hydrogens is 295 g/mol. The van der Waals surface area contributed by atoms with Crippen LogP contribution in [-0.4, -0.2) is 73.6 Å². The first-order valence-corrected chi connectivity index (χ1v) is 8.47. The van der Waals surface area contributed by atoms with Crippen LogP contribution in [0.2, 0.25) is 0 Å². The second kappa shape index (κ2) is 6.09. The molecule has 6 heteroatoms. The summed E-state index contributed by atoms with van der Waals surface area (Å²) >= 11 is 0. The molecule has 1 aromatic carbocycles. The Morgan fingerprint density at radius 3 is 2.30 bits per heavy atom. The molecule has 4 rings (SSSR count). The molecule has 1 unspecified atom stereocenters. The molecule has 1 amide bonds. The van der Waals surface area contributed by atoms with Gasteiger partial charge in [-0.15, -0.1) is 0 Å². The van der Waals surface area contributed by atoms with E-state index in [4.69, 9.17) is 0 Å². The Morgan fingerprint density at radius 1 is 1.00 bits per heavy atom. The molecule has 3 fully saturated rings. The van der Waals surface area contributed by atoms with Crippen molar-refractivity contribution in [1.82, 2.24) is 15.1 Å². The third kappa shape index (κ3) is 2.93. The lowest BCUT2D eigenvalue weighted by Gasteiger charge is -2.49. The standard InChI is InChI=1S/C17H23FN4O/c18-13-1-3-14(4-2-13)20-7-9-21(10-8-20)15-11-22(12-15)16-5-6-19-17(16)23/h1-4,15-16H,5-12H2,(H,19,23). The van der Waals surface area contributed by atoms with Crippen LogP contribution in [0.3, 0.4) is 0 Å². The predicted octanol–water partition coefficient (Wildman–Crippen LogP) is 0.520. The van der Waals surface area contributed by atoms with Gasteiger partial charge in [0.2, 0.25) is 5.91 Å². The van der Waals surface area contributed by atoms with E-state index in [1.165, 1.54) is 12.1 Å². The normalized spacial score (nSPS) is 27.1. The van der Waals surface area contributed by atoms with Gasteiger partial charge in [-0.25, -0.2) is 4.39 Å². The highest BCUT2D eigenvalue weighted by Gasteiger charge is 2.40. The van der Waals surface area contributed by atoms with E-state index >= 15 is 0 Å². The lowest BCUT2D eigenvalue weighted by Crippen LogP contribution is -2.65. The van der Waals surface area contributed by atoms with Crippen molar-refractivity contribution in [1.29, 1.82) is 0 Å². The molecule has 3 aliphatic rings. The van der Waals surface area contributed by atoms with Gasteiger partial charge < -0.3 is 10.2 Å². The van der Waals surface area contributed by atoms with E-state index in [1.54, 1.807) is 0 Å². The van der Waals surface area contributed by atoms with E-state index in [0.29, 0.717) is 6.04 Å². The van der Waals surface area contributed by atoms with Crippen LogP contribution in [0.4, 0.5) is 10.1 Å². The SMILES string of the molecule is O=C1NCCC1N1CC(N2CCN(c3ccc(F)cc3)CC2)C1. The topological polar surface area (TPSA) is 38.8 Å². The Labute approximate surface area is 136 Å². The fourth-order valence-electron chi connectivity index (χ4n) is 3.90. The number of piperazine rings is 1. The summed E-state index contributed by atoms with van der Waals surface area (Å²) in [5, 5.41) is 2.91. The molecule has 0 bridgehead atoms. The molecular formula is C17H23FN4O. The molecule has 0 aromatic heterocycles. The van der Waals surface area contributed by atoms with Crippen molar-refractivity contribution in [3.8, 4) is 0 Å². The van der Waals surface area contributed by atoms with Gasteiger partial charge in [0.1, 0.15) is 5.82 Å². The number of carbonyl (C=O) groups excluding carboxylic acids is 1. The molecule has 0 radical (unpaired) electrons. The quantitative estimate of drug-likeness (QED) is 0.882. The van der Waals surface area contributed by atoms with E-state index in [9.17, 15) is 9.18 Å². The summed E-state index contributed by atoms with van der Waals surface area (Å²) in [5.41, 5.74) is 1.10. The number of amides is 1. The highest BCUT2D eigenvalue weighted by molar-refractivity contribution is 5.83. The Morgan fingerprint density at radius 2 is 1.70 bits per heavy atom. The zero-order valence-electron chi connectivity index (χ0n) is 13.2. The van der Waals surface area contributed by atoms with Gasteiger partial charge in [-0.05, 0) is 30.7 Å². The minimum absolute atomic E-state index is 0.103. The van der Waals surface area contributed by atoms with Crippen LogP contribution in [0.25, 0.3) is 0 Å². The van der Waals surface area contributed by atoms with E-state index in [-0.39, 0.29) is 17.8 Å². The molecule has 0 spiro atoms. The van der Waals surface area contributed by atoms with Crippen molar-refractivity contribution in [2.45, 2.75) is 18.5 Å². The number of halogens is 1. The summed E-state index contributed by atoms with van der Waals surface area (Å²) in [6, 6.07) is 7.45. The summed E-state index contributed by atoms with van der Waals surface area (Å²) < 4.78 is 13.0. The van der Waals surface area contributed by atoms with E-state index in [2.05, 4.69) is 20.0 Å². The minimum Gasteiger partial charge on any atom is -0.369 e. The van der Waals surface area contributed by atoms with Gasteiger partial charge in [0.25, 0.3) is 0 Å². The number of likely N-dealkylation sites (tertiary alicyclic amines) is 1.